The topological polar surface area (TPSA) is 12.5 Å². The quantitative estimate of drug-likeness (QED) is 0.763. The first-order valence-corrected chi connectivity index (χ1v) is 8.04. The van der Waals surface area contributed by atoms with Gasteiger partial charge in [-0.25, -0.2) is 0 Å². The summed E-state index contributed by atoms with van der Waals surface area (Å²) in [5.74, 6) is 2.42. The Morgan fingerprint density at radius 1 is 1.25 bits per heavy atom. The molecule has 0 N–H and O–H groups in total. The van der Waals surface area contributed by atoms with Crippen molar-refractivity contribution < 1.29 is 4.74 Å². The molecule has 0 radical (unpaired) electrons. The molecule has 1 atom stereocenters. The maximum Gasteiger partial charge on any atom is 0.119 e. The third-order valence-electron chi connectivity index (χ3n) is 3.98. The average molecular weight is 296 g/mol. The highest BCUT2D eigenvalue weighted by Crippen LogP contribution is 2.24. The fourth-order valence-electron chi connectivity index (χ4n) is 2.59. The molecule has 0 spiro atoms. The van der Waals surface area contributed by atoms with Crippen LogP contribution in [0.5, 0.6) is 5.75 Å². The maximum absolute atomic E-state index is 5.90. The zero-order valence-corrected chi connectivity index (χ0v) is 13.6. The number of hydrogen-bond donors (Lipinski definition) is 0. The zero-order chi connectivity index (χ0) is 14.6. The Balaban J connectivity index is 1.75. The second-order valence-electron chi connectivity index (χ2n) is 6.73. The van der Waals surface area contributed by atoms with Gasteiger partial charge in [0, 0.05) is 19.0 Å². The minimum Gasteiger partial charge on any atom is -0.492 e. The molecular weight excluding hydrogens is 270 g/mol. The first-order chi connectivity index (χ1) is 9.49. The van der Waals surface area contributed by atoms with E-state index in [4.69, 9.17) is 16.3 Å². The van der Waals surface area contributed by atoms with Gasteiger partial charge >= 0.3 is 0 Å². The number of rotatable bonds is 5. The number of ether oxygens (including phenoxy) is 1. The minimum atomic E-state index is 0.199. The van der Waals surface area contributed by atoms with Crippen molar-refractivity contribution in [3.05, 3.63) is 29.8 Å². The largest absolute Gasteiger partial charge is 0.492 e. The van der Waals surface area contributed by atoms with Crippen LogP contribution in [-0.4, -0.2) is 37.0 Å². The summed E-state index contributed by atoms with van der Waals surface area (Å²) in [4.78, 5) is 2.44. The molecule has 1 aromatic rings. The van der Waals surface area contributed by atoms with E-state index in [1.54, 1.807) is 0 Å². The van der Waals surface area contributed by atoms with E-state index in [2.05, 4.69) is 49.9 Å². The summed E-state index contributed by atoms with van der Waals surface area (Å²) in [7, 11) is 0. The predicted molar refractivity (Wildman–Crippen MR) is 85.9 cm³/mol. The molecule has 0 aromatic heterocycles. The average Bonchev–Trinajstić information content (AvgIpc) is 2.86. The summed E-state index contributed by atoms with van der Waals surface area (Å²) in [6.07, 6.45) is 1.23. The molecule has 0 amide bonds. The van der Waals surface area contributed by atoms with Gasteiger partial charge in [0.1, 0.15) is 12.4 Å². The third-order valence-corrected chi connectivity index (χ3v) is 4.42. The first-order valence-electron chi connectivity index (χ1n) is 7.50. The standard InChI is InChI=1S/C17H26ClNO/c1-17(2,3)15-4-6-16(7-5-15)20-11-10-19-9-8-14(12-18)13-19/h4-7,14H,8-13H2,1-3H3/t14-/m0/s1. The summed E-state index contributed by atoms with van der Waals surface area (Å²) in [6.45, 7) is 10.7. The number of hydrogen-bond acceptors (Lipinski definition) is 2. The lowest BCUT2D eigenvalue weighted by atomic mass is 9.87. The summed E-state index contributed by atoms with van der Waals surface area (Å²) >= 11 is 5.90. The molecule has 1 aliphatic rings. The lowest BCUT2D eigenvalue weighted by molar-refractivity contribution is 0.234. The summed E-state index contributed by atoms with van der Waals surface area (Å²) in [6, 6.07) is 8.47. The molecule has 0 unspecified atom stereocenters. The molecule has 0 saturated carbocycles. The van der Waals surface area contributed by atoms with Crippen molar-refractivity contribution in [3.63, 3.8) is 0 Å². The van der Waals surface area contributed by atoms with Gasteiger partial charge in [-0.05, 0) is 42.0 Å². The molecule has 1 fully saturated rings. The van der Waals surface area contributed by atoms with Crippen molar-refractivity contribution in [2.75, 3.05) is 32.1 Å². The molecule has 0 bridgehead atoms. The van der Waals surface area contributed by atoms with Crippen LogP contribution in [0.15, 0.2) is 24.3 Å². The number of benzene rings is 1. The Morgan fingerprint density at radius 2 is 1.95 bits per heavy atom. The van der Waals surface area contributed by atoms with E-state index < -0.39 is 0 Å². The lowest BCUT2D eigenvalue weighted by Gasteiger charge is -2.19. The van der Waals surface area contributed by atoms with E-state index in [1.165, 1.54) is 12.0 Å². The molecule has 2 nitrogen and oxygen atoms in total. The molecule has 3 heteroatoms. The van der Waals surface area contributed by atoms with Crippen LogP contribution in [0.25, 0.3) is 0 Å². The second kappa shape index (κ2) is 6.82. The van der Waals surface area contributed by atoms with Crippen LogP contribution in [0, 0.1) is 5.92 Å². The van der Waals surface area contributed by atoms with E-state index in [-0.39, 0.29) is 5.41 Å². The predicted octanol–water partition coefficient (Wildman–Crippen LogP) is 3.92. The van der Waals surface area contributed by atoms with Crippen molar-refractivity contribution in [2.24, 2.45) is 5.92 Å². The normalized spacial score (nSPS) is 20.3. The van der Waals surface area contributed by atoms with Gasteiger partial charge in [-0.3, -0.25) is 4.90 Å². The van der Waals surface area contributed by atoms with Crippen molar-refractivity contribution in [1.82, 2.24) is 4.90 Å². The highest BCUT2D eigenvalue weighted by atomic mass is 35.5. The fraction of sp³-hybridized carbons (Fsp3) is 0.647. The van der Waals surface area contributed by atoms with Crippen LogP contribution in [0.3, 0.4) is 0 Å². The van der Waals surface area contributed by atoms with Gasteiger partial charge in [-0.2, -0.15) is 0 Å². The van der Waals surface area contributed by atoms with Crippen molar-refractivity contribution in [1.29, 1.82) is 0 Å². The van der Waals surface area contributed by atoms with Crippen LogP contribution in [0.1, 0.15) is 32.8 Å². The summed E-state index contributed by atoms with van der Waals surface area (Å²) < 4.78 is 5.83. The van der Waals surface area contributed by atoms with Crippen LogP contribution < -0.4 is 4.74 Å². The second-order valence-corrected chi connectivity index (χ2v) is 7.04. The third kappa shape index (κ3) is 4.39. The fourth-order valence-corrected chi connectivity index (χ4v) is 2.84. The Kier molecular flexibility index (Phi) is 5.34. The van der Waals surface area contributed by atoms with Crippen LogP contribution >= 0.6 is 11.6 Å². The number of nitrogens with zero attached hydrogens (tertiary/aromatic N) is 1. The number of alkyl halides is 1. The van der Waals surface area contributed by atoms with Gasteiger partial charge in [-0.1, -0.05) is 32.9 Å². The number of likely N-dealkylation sites (tertiary alicyclic amines) is 1. The monoisotopic (exact) mass is 295 g/mol. The van der Waals surface area contributed by atoms with Crippen molar-refractivity contribution in [2.45, 2.75) is 32.6 Å². The smallest absolute Gasteiger partial charge is 0.119 e. The molecule has 1 aromatic carbocycles. The van der Waals surface area contributed by atoms with Crippen LogP contribution in [-0.2, 0) is 5.41 Å². The van der Waals surface area contributed by atoms with E-state index in [9.17, 15) is 0 Å². The molecule has 2 rings (SSSR count). The number of halogens is 1. The lowest BCUT2D eigenvalue weighted by Crippen LogP contribution is -2.26. The van der Waals surface area contributed by atoms with Gasteiger partial charge in [0.05, 0.1) is 0 Å². The first kappa shape index (κ1) is 15.7. The van der Waals surface area contributed by atoms with Gasteiger partial charge in [0.15, 0.2) is 0 Å². The SMILES string of the molecule is CC(C)(C)c1ccc(OCCN2CC[C@@H](CCl)C2)cc1. The molecular formula is C17H26ClNO. The van der Waals surface area contributed by atoms with E-state index >= 15 is 0 Å². The highest BCUT2D eigenvalue weighted by molar-refractivity contribution is 6.18. The molecule has 1 saturated heterocycles. The van der Waals surface area contributed by atoms with Crippen molar-refractivity contribution >= 4 is 11.6 Å². The summed E-state index contributed by atoms with van der Waals surface area (Å²) in [5.41, 5.74) is 1.54. The molecule has 1 aliphatic heterocycles. The maximum atomic E-state index is 5.90. The summed E-state index contributed by atoms with van der Waals surface area (Å²) in [5, 5.41) is 0. The zero-order valence-electron chi connectivity index (χ0n) is 12.9. The Labute approximate surface area is 128 Å². The molecule has 112 valence electrons. The Morgan fingerprint density at radius 3 is 2.50 bits per heavy atom. The van der Waals surface area contributed by atoms with Gasteiger partial charge in [-0.15, -0.1) is 11.6 Å². The minimum absolute atomic E-state index is 0.199. The highest BCUT2D eigenvalue weighted by Gasteiger charge is 2.21. The van der Waals surface area contributed by atoms with Crippen LogP contribution in [0.4, 0.5) is 0 Å². The van der Waals surface area contributed by atoms with Gasteiger partial charge in [0.2, 0.25) is 0 Å². The van der Waals surface area contributed by atoms with Gasteiger partial charge in [0.25, 0.3) is 0 Å². The van der Waals surface area contributed by atoms with Crippen LogP contribution in [0.2, 0.25) is 0 Å². The Hall–Kier alpha value is -0.730. The van der Waals surface area contributed by atoms with E-state index in [0.29, 0.717) is 5.92 Å². The van der Waals surface area contributed by atoms with E-state index in [0.717, 1.165) is 37.9 Å². The van der Waals surface area contributed by atoms with Crippen molar-refractivity contribution in [3.8, 4) is 5.75 Å². The van der Waals surface area contributed by atoms with E-state index in [1.807, 2.05) is 0 Å². The Bertz CT molecular complexity index is 410. The molecule has 0 aliphatic carbocycles. The molecule has 20 heavy (non-hydrogen) atoms. The van der Waals surface area contributed by atoms with Gasteiger partial charge < -0.3 is 4.74 Å². The molecule has 1 heterocycles.